The number of aryl methyl sites for hydroxylation is 1. The number of hydrogen-bond donors (Lipinski definition) is 2. The van der Waals surface area contributed by atoms with E-state index in [-0.39, 0.29) is 29.7 Å². The van der Waals surface area contributed by atoms with Gasteiger partial charge in [-0.25, -0.2) is 13.4 Å². The van der Waals surface area contributed by atoms with Crippen LogP contribution in [0.1, 0.15) is 29.7 Å². The number of sulfone groups is 1. The van der Waals surface area contributed by atoms with Gasteiger partial charge in [0.15, 0.2) is 5.96 Å². The molecule has 0 amide bonds. The third-order valence-electron chi connectivity index (χ3n) is 4.32. The molecule has 1 fully saturated rings. The zero-order valence-corrected chi connectivity index (χ0v) is 20.4. The number of piperidine rings is 1. The van der Waals surface area contributed by atoms with Gasteiger partial charge in [0.25, 0.3) is 0 Å². The average molecular weight is 530 g/mol. The lowest BCUT2D eigenvalue weighted by atomic mass is 10.1. The van der Waals surface area contributed by atoms with Crippen molar-refractivity contribution in [2.24, 2.45) is 4.99 Å². The number of hydrogen-bond acceptors (Lipinski definition) is 6. The molecular weight excluding hydrogens is 497 g/mol. The van der Waals surface area contributed by atoms with Gasteiger partial charge in [-0.05, 0) is 26.7 Å². The summed E-state index contributed by atoms with van der Waals surface area (Å²) in [5.41, 5.74) is 0. The smallest absolute Gasteiger partial charge is 0.191 e. The highest BCUT2D eigenvalue weighted by Gasteiger charge is 2.20. The standard InChI is InChI=1S/C17H31N5O2S2.HI/c1-4-18-17(19-8-5-16-20-13-14(2)25-16)21-15-6-9-22(10-7-15)11-12-26(3,23)24;/h13,15H,4-12H2,1-3H3,(H2,18,19,21);1H. The molecule has 27 heavy (non-hydrogen) atoms. The molecule has 2 N–H and O–H groups in total. The Bertz CT molecular complexity index is 685. The number of nitrogens with zero attached hydrogens (tertiary/aromatic N) is 3. The molecule has 0 aromatic carbocycles. The first-order valence-electron chi connectivity index (χ1n) is 9.22. The Kier molecular flexibility index (Phi) is 11.1. The van der Waals surface area contributed by atoms with E-state index in [9.17, 15) is 8.42 Å². The molecule has 0 bridgehead atoms. The van der Waals surface area contributed by atoms with Crippen molar-refractivity contribution in [3.8, 4) is 0 Å². The van der Waals surface area contributed by atoms with Gasteiger partial charge < -0.3 is 15.5 Å². The highest BCUT2D eigenvalue weighted by molar-refractivity contribution is 14.0. The summed E-state index contributed by atoms with van der Waals surface area (Å²) >= 11 is 1.73. The van der Waals surface area contributed by atoms with Crippen LogP contribution in [0.2, 0.25) is 0 Å². The number of halogens is 1. The highest BCUT2D eigenvalue weighted by atomic mass is 127. The Morgan fingerprint density at radius 2 is 2.11 bits per heavy atom. The lowest BCUT2D eigenvalue weighted by Gasteiger charge is -2.32. The lowest BCUT2D eigenvalue weighted by molar-refractivity contribution is 0.216. The minimum Gasteiger partial charge on any atom is -0.357 e. The summed E-state index contributed by atoms with van der Waals surface area (Å²) in [6, 6.07) is 0.379. The summed E-state index contributed by atoms with van der Waals surface area (Å²) in [7, 11) is -2.89. The number of nitrogens with one attached hydrogen (secondary N) is 2. The number of thiazole rings is 1. The van der Waals surface area contributed by atoms with Crippen LogP contribution in [0.3, 0.4) is 0 Å². The highest BCUT2D eigenvalue weighted by Crippen LogP contribution is 2.12. The van der Waals surface area contributed by atoms with Crippen molar-refractivity contribution < 1.29 is 8.42 Å². The molecule has 0 spiro atoms. The number of rotatable bonds is 8. The Labute approximate surface area is 184 Å². The summed E-state index contributed by atoms with van der Waals surface area (Å²) in [5.74, 6) is 1.10. The molecule has 1 aliphatic heterocycles. The van der Waals surface area contributed by atoms with Gasteiger partial charge in [-0.3, -0.25) is 4.99 Å². The first kappa shape index (κ1) is 24.6. The van der Waals surface area contributed by atoms with Crippen LogP contribution in [-0.4, -0.2) is 75.0 Å². The van der Waals surface area contributed by atoms with Crippen molar-refractivity contribution in [2.75, 3.05) is 44.7 Å². The van der Waals surface area contributed by atoms with E-state index in [0.717, 1.165) is 56.4 Å². The Morgan fingerprint density at radius 1 is 1.41 bits per heavy atom. The molecule has 0 atom stereocenters. The van der Waals surface area contributed by atoms with E-state index in [4.69, 9.17) is 0 Å². The van der Waals surface area contributed by atoms with Gasteiger partial charge in [0, 0.05) is 62.5 Å². The monoisotopic (exact) mass is 529 g/mol. The molecule has 1 saturated heterocycles. The molecule has 2 rings (SSSR count). The van der Waals surface area contributed by atoms with Crippen LogP contribution in [-0.2, 0) is 16.3 Å². The van der Waals surface area contributed by atoms with Gasteiger partial charge in [-0.1, -0.05) is 0 Å². The molecule has 2 heterocycles. The summed E-state index contributed by atoms with van der Waals surface area (Å²) in [4.78, 5) is 12.5. The van der Waals surface area contributed by atoms with Crippen LogP contribution in [0.4, 0.5) is 0 Å². The van der Waals surface area contributed by atoms with E-state index in [1.165, 1.54) is 11.1 Å². The summed E-state index contributed by atoms with van der Waals surface area (Å²) in [5, 5.41) is 7.95. The first-order valence-corrected chi connectivity index (χ1v) is 12.1. The normalized spacial score (nSPS) is 16.8. The fourth-order valence-electron chi connectivity index (χ4n) is 2.89. The van der Waals surface area contributed by atoms with E-state index >= 15 is 0 Å². The van der Waals surface area contributed by atoms with E-state index < -0.39 is 9.84 Å². The second-order valence-corrected chi connectivity index (χ2v) is 10.3. The van der Waals surface area contributed by atoms with Crippen molar-refractivity contribution >= 4 is 51.1 Å². The first-order chi connectivity index (χ1) is 12.4. The van der Waals surface area contributed by atoms with Crippen molar-refractivity contribution in [1.29, 1.82) is 0 Å². The van der Waals surface area contributed by atoms with Gasteiger partial charge in [-0.2, -0.15) is 0 Å². The van der Waals surface area contributed by atoms with Crippen LogP contribution < -0.4 is 10.6 Å². The Morgan fingerprint density at radius 3 is 2.67 bits per heavy atom. The lowest BCUT2D eigenvalue weighted by Crippen LogP contribution is -2.49. The fraction of sp³-hybridized carbons (Fsp3) is 0.765. The molecule has 0 radical (unpaired) electrons. The van der Waals surface area contributed by atoms with Gasteiger partial charge in [-0.15, -0.1) is 35.3 Å². The van der Waals surface area contributed by atoms with Crippen molar-refractivity contribution in [2.45, 2.75) is 39.2 Å². The van der Waals surface area contributed by atoms with Gasteiger partial charge in [0.2, 0.25) is 0 Å². The minimum atomic E-state index is -2.89. The molecule has 1 aromatic heterocycles. The maximum Gasteiger partial charge on any atom is 0.191 e. The molecule has 156 valence electrons. The Balaban J connectivity index is 0.00000364. The maximum atomic E-state index is 11.3. The molecule has 1 aliphatic rings. The van der Waals surface area contributed by atoms with Crippen LogP contribution >= 0.6 is 35.3 Å². The molecule has 0 saturated carbocycles. The van der Waals surface area contributed by atoms with Crippen LogP contribution in [0, 0.1) is 6.92 Å². The zero-order valence-electron chi connectivity index (χ0n) is 16.4. The van der Waals surface area contributed by atoms with Gasteiger partial charge >= 0.3 is 0 Å². The van der Waals surface area contributed by atoms with Crippen LogP contribution in [0.25, 0.3) is 0 Å². The predicted octanol–water partition coefficient (Wildman–Crippen LogP) is 1.68. The quantitative estimate of drug-likeness (QED) is 0.303. The molecule has 0 unspecified atom stereocenters. The number of aromatic nitrogens is 1. The van der Waals surface area contributed by atoms with Crippen LogP contribution in [0.5, 0.6) is 0 Å². The predicted molar refractivity (Wildman–Crippen MR) is 124 cm³/mol. The summed E-state index contributed by atoms with van der Waals surface area (Å²) in [6.45, 7) is 8.15. The van der Waals surface area contributed by atoms with Crippen molar-refractivity contribution in [1.82, 2.24) is 20.5 Å². The average Bonchev–Trinajstić information content (AvgIpc) is 2.99. The third-order valence-corrected chi connectivity index (χ3v) is 6.21. The SMILES string of the molecule is CCNC(=NCCc1ncc(C)s1)NC1CCN(CCS(C)(=O)=O)CC1.I. The Hall–Kier alpha value is -0.460. The van der Waals surface area contributed by atoms with Crippen molar-refractivity contribution in [3.63, 3.8) is 0 Å². The maximum absolute atomic E-state index is 11.3. The zero-order chi connectivity index (χ0) is 19.0. The van der Waals surface area contributed by atoms with E-state index in [2.05, 4.69) is 39.4 Å². The number of likely N-dealkylation sites (tertiary alicyclic amines) is 1. The molecule has 0 aliphatic carbocycles. The topological polar surface area (TPSA) is 86.7 Å². The number of guanidine groups is 1. The molecule has 1 aromatic rings. The molecule has 10 heteroatoms. The van der Waals surface area contributed by atoms with Gasteiger partial charge in [0.05, 0.1) is 10.8 Å². The summed E-state index contributed by atoms with van der Waals surface area (Å²) in [6.07, 6.45) is 6.07. The third kappa shape index (κ3) is 10.0. The van der Waals surface area contributed by atoms with E-state index in [0.29, 0.717) is 12.6 Å². The minimum absolute atomic E-state index is 0. The fourth-order valence-corrected chi connectivity index (χ4v) is 4.26. The molecule has 7 nitrogen and oxygen atoms in total. The van der Waals surface area contributed by atoms with E-state index in [1.54, 1.807) is 11.3 Å². The van der Waals surface area contributed by atoms with Crippen molar-refractivity contribution in [3.05, 3.63) is 16.1 Å². The second kappa shape index (κ2) is 12.2. The number of aliphatic imine (C=N–C) groups is 1. The second-order valence-electron chi connectivity index (χ2n) is 6.77. The van der Waals surface area contributed by atoms with Crippen LogP contribution in [0.15, 0.2) is 11.2 Å². The largest absolute Gasteiger partial charge is 0.357 e. The van der Waals surface area contributed by atoms with E-state index in [1.807, 2.05) is 6.20 Å². The van der Waals surface area contributed by atoms with Gasteiger partial charge in [0.1, 0.15) is 9.84 Å². The summed E-state index contributed by atoms with van der Waals surface area (Å²) < 4.78 is 22.6. The molecular formula is C17H32IN5O2S2.